The maximum absolute atomic E-state index is 12.3. The summed E-state index contributed by atoms with van der Waals surface area (Å²) in [4.78, 5) is 22.6. The standard InChI is InChI=1S/C14H10N2O3Se/c17-14-12-7-6-11(16(18)19)8-13(12)20-15(14)9-10-4-2-1-3-5-10/h1-8H,9H2. The molecule has 0 radical (unpaired) electrons. The molecular formula is C14H10N2O3Se. The molecule has 0 unspecified atom stereocenters. The molecule has 0 spiro atoms. The second-order valence-corrected chi connectivity index (χ2v) is 6.59. The number of nitrogens with zero attached hydrogens (tertiary/aromatic N) is 2. The monoisotopic (exact) mass is 334 g/mol. The van der Waals surface area contributed by atoms with E-state index in [2.05, 4.69) is 0 Å². The van der Waals surface area contributed by atoms with E-state index in [-0.39, 0.29) is 26.0 Å². The predicted molar refractivity (Wildman–Crippen MR) is 77.3 cm³/mol. The van der Waals surface area contributed by atoms with Crippen LogP contribution < -0.4 is 5.56 Å². The molecule has 100 valence electrons. The Morgan fingerprint density at radius 3 is 2.60 bits per heavy atom. The summed E-state index contributed by atoms with van der Waals surface area (Å²) in [6.45, 7) is 0.544. The first-order valence-corrected chi connectivity index (χ1v) is 7.59. The molecule has 0 bridgehead atoms. The van der Waals surface area contributed by atoms with Crippen LogP contribution in [0, 0.1) is 10.1 Å². The van der Waals surface area contributed by atoms with Crippen molar-refractivity contribution in [3.63, 3.8) is 0 Å². The molecule has 0 aliphatic carbocycles. The Labute approximate surface area is 120 Å². The summed E-state index contributed by atoms with van der Waals surface area (Å²) in [5, 5.41) is 11.4. The molecule has 1 aromatic heterocycles. The molecule has 20 heavy (non-hydrogen) atoms. The fourth-order valence-electron chi connectivity index (χ4n) is 2.02. The molecular weight excluding hydrogens is 323 g/mol. The van der Waals surface area contributed by atoms with Crippen LogP contribution in [0.4, 0.5) is 5.69 Å². The number of fused-ring (bicyclic) bond motifs is 1. The van der Waals surface area contributed by atoms with Crippen LogP contribution in [0.3, 0.4) is 0 Å². The van der Waals surface area contributed by atoms with Gasteiger partial charge in [0.1, 0.15) is 0 Å². The number of aromatic nitrogens is 1. The number of non-ortho nitro benzene ring substituents is 1. The van der Waals surface area contributed by atoms with Gasteiger partial charge in [-0.25, -0.2) is 0 Å². The van der Waals surface area contributed by atoms with Crippen LogP contribution in [0.1, 0.15) is 5.56 Å². The molecule has 0 fully saturated rings. The third-order valence-electron chi connectivity index (χ3n) is 3.01. The van der Waals surface area contributed by atoms with E-state index >= 15 is 0 Å². The Hall–Kier alpha value is -2.17. The molecule has 3 rings (SSSR count). The van der Waals surface area contributed by atoms with Gasteiger partial charge >= 0.3 is 120 Å². The van der Waals surface area contributed by atoms with Crippen LogP contribution in [-0.2, 0) is 6.54 Å². The Bertz CT molecular complexity index is 836. The zero-order valence-corrected chi connectivity index (χ0v) is 12.1. The van der Waals surface area contributed by atoms with Crippen molar-refractivity contribution in [3.8, 4) is 0 Å². The predicted octanol–water partition coefficient (Wildman–Crippen LogP) is 2.01. The Morgan fingerprint density at radius 1 is 1.15 bits per heavy atom. The van der Waals surface area contributed by atoms with Crippen molar-refractivity contribution in [1.29, 1.82) is 0 Å². The fourth-order valence-corrected chi connectivity index (χ4v) is 4.25. The summed E-state index contributed by atoms with van der Waals surface area (Å²) in [7, 11) is 0. The van der Waals surface area contributed by atoms with E-state index in [9.17, 15) is 14.9 Å². The number of nitro benzene ring substituents is 1. The summed E-state index contributed by atoms with van der Waals surface area (Å²) in [5.74, 6) is 0. The van der Waals surface area contributed by atoms with Crippen molar-refractivity contribution in [2.75, 3.05) is 0 Å². The van der Waals surface area contributed by atoms with Gasteiger partial charge in [-0.05, 0) is 0 Å². The third-order valence-corrected chi connectivity index (χ3v) is 5.21. The topological polar surface area (TPSA) is 65.1 Å². The van der Waals surface area contributed by atoms with Crippen LogP contribution in [-0.4, -0.2) is 23.2 Å². The van der Waals surface area contributed by atoms with E-state index in [4.69, 9.17) is 0 Å². The van der Waals surface area contributed by atoms with Gasteiger partial charge in [0, 0.05) is 0 Å². The van der Waals surface area contributed by atoms with Crippen LogP contribution in [0.2, 0.25) is 0 Å². The first-order chi connectivity index (χ1) is 9.65. The Morgan fingerprint density at radius 2 is 1.90 bits per heavy atom. The quantitative estimate of drug-likeness (QED) is 0.418. The van der Waals surface area contributed by atoms with Crippen molar-refractivity contribution < 1.29 is 4.92 Å². The number of benzene rings is 2. The average molecular weight is 333 g/mol. The van der Waals surface area contributed by atoms with Gasteiger partial charge in [0.15, 0.2) is 0 Å². The molecule has 0 N–H and O–H groups in total. The van der Waals surface area contributed by atoms with Crippen LogP contribution in [0.15, 0.2) is 53.3 Å². The third kappa shape index (κ3) is 2.31. The fraction of sp³-hybridized carbons (Fsp3) is 0.0714. The summed E-state index contributed by atoms with van der Waals surface area (Å²) >= 11 is -0.200. The van der Waals surface area contributed by atoms with E-state index < -0.39 is 4.92 Å². The second kappa shape index (κ2) is 5.07. The van der Waals surface area contributed by atoms with E-state index in [1.165, 1.54) is 12.1 Å². The van der Waals surface area contributed by atoms with E-state index in [1.807, 2.05) is 30.3 Å². The van der Waals surface area contributed by atoms with Crippen LogP contribution in [0.25, 0.3) is 9.65 Å². The molecule has 1 heterocycles. The summed E-state index contributed by atoms with van der Waals surface area (Å²) in [6, 6.07) is 14.2. The molecule has 0 atom stereocenters. The van der Waals surface area contributed by atoms with Crippen molar-refractivity contribution in [3.05, 3.63) is 74.6 Å². The van der Waals surface area contributed by atoms with Crippen LogP contribution in [0.5, 0.6) is 0 Å². The van der Waals surface area contributed by atoms with Gasteiger partial charge in [-0.3, -0.25) is 0 Å². The molecule has 2 aromatic carbocycles. The first kappa shape index (κ1) is 12.8. The van der Waals surface area contributed by atoms with Gasteiger partial charge in [-0.15, -0.1) is 0 Å². The molecule has 0 amide bonds. The average Bonchev–Trinajstić information content (AvgIpc) is 2.76. The van der Waals surface area contributed by atoms with Crippen molar-refractivity contribution in [1.82, 2.24) is 3.56 Å². The number of hydrogen-bond acceptors (Lipinski definition) is 3. The van der Waals surface area contributed by atoms with Gasteiger partial charge in [-0.2, -0.15) is 0 Å². The van der Waals surface area contributed by atoms with E-state index in [1.54, 1.807) is 9.63 Å². The molecule has 0 saturated heterocycles. The van der Waals surface area contributed by atoms with Gasteiger partial charge in [-0.1, -0.05) is 0 Å². The Balaban J connectivity index is 2.06. The minimum atomic E-state index is -0.430. The molecule has 0 saturated carbocycles. The molecule has 3 aromatic rings. The van der Waals surface area contributed by atoms with Crippen molar-refractivity contribution in [2.24, 2.45) is 0 Å². The molecule has 0 aliphatic rings. The number of rotatable bonds is 3. The molecule has 0 aliphatic heterocycles. The zero-order chi connectivity index (χ0) is 14.1. The number of nitro groups is 1. The normalized spacial score (nSPS) is 10.8. The second-order valence-electron chi connectivity index (χ2n) is 4.36. The van der Waals surface area contributed by atoms with Gasteiger partial charge in [0.2, 0.25) is 0 Å². The van der Waals surface area contributed by atoms with Gasteiger partial charge in [0.05, 0.1) is 0 Å². The van der Waals surface area contributed by atoms with Crippen molar-refractivity contribution >= 4 is 30.1 Å². The zero-order valence-electron chi connectivity index (χ0n) is 10.4. The van der Waals surface area contributed by atoms with Gasteiger partial charge < -0.3 is 0 Å². The minimum absolute atomic E-state index is 0.0417. The maximum atomic E-state index is 12.3. The summed E-state index contributed by atoms with van der Waals surface area (Å²) in [5.41, 5.74) is 1.06. The summed E-state index contributed by atoms with van der Waals surface area (Å²) < 4.78 is 2.55. The van der Waals surface area contributed by atoms with E-state index in [0.29, 0.717) is 11.9 Å². The van der Waals surface area contributed by atoms with Gasteiger partial charge in [0.25, 0.3) is 0 Å². The van der Waals surface area contributed by atoms with E-state index in [0.717, 1.165) is 9.82 Å². The summed E-state index contributed by atoms with van der Waals surface area (Å²) in [6.07, 6.45) is 0. The first-order valence-electron chi connectivity index (χ1n) is 5.97. The molecule has 5 nitrogen and oxygen atoms in total. The van der Waals surface area contributed by atoms with Crippen LogP contribution >= 0.6 is 0 Å². The number of hydrogen-bond donors (Lipinski definition) is 0. The SMILES string of the molecule is O=c1c2ccc([N+](=O)[O-])cc2[se]n1Cc1ccccc1. The molecule has 6 heteroatoms. The van der Waals surface area contributed by atoms with Crippen molar-refractivity contribution in [2.45, 2.75) is 6.54 Å². The Kier molecular flexibility index (Phi) is 3.26.